The van der Waals surface area contributed by atoms with Crippen molar-refractivity contribution in [2.24, 2.45) is 0 Å². The number of carbonyl (C=O) groups is 1. The van der Waals surface area contributed by atoms with Gasteiger partial charge in [-0.3, -0.25) is 4.79 Å². The van der Waals surface area contributed by atoms with E-state index in [4.69, 9.17) is 9.26 Å². The molecule has 0 saturated carbocycles. The highest BCUT2D eigenvalue weighted by atomic mass is 19.1. The molecule has 3 aromatic rings. The zero-order chi connectivity index (χ0) is 18.8. The van der Waals surface area contributed by atoms with Gasteiger partial charge >= 0.3 is 0 Å². The molecule has 1 fully saturated rings. The highest BCUT2D eigenvalue weighted by molar-refractivity contribution is 5.96. The maximum absolute atomic E-state index is 13.5. The predicted molar refractivity (Wildman–Crippen MR) is 97.0 cm³/mol. The second-order valence-electron chi connectivity index (χ2n) is 6.27. The van der Waals surface area contributed by atoms with Crippen LogP contribution in [0.5, 0.6) is 5.75 Å². The number of para-hydroxylation sites is 1. The molecule has 6 nitrogen and oxygen atoms in total. The second-order valence-corrected chi connectivity index (χ2v) is 6.27. The van der Waals surface area contributed by atoms with Crippen LogP contribution in [0, 0.1) is 5.82 Å². The Hall–Kier alpha value is -3.22. The summed E-state index contributed by atoms with van der Waals surface area (Å²) in [7, 11) is 0. The van der Waals surface area contributed by atoms with Crippen molar-refractivity contribution in [3.05, 3.63) is 60.2 Å². The largest absolute Gasteiger partial charge is 0.493 e. The van der Waals surface area contributed by atoms with Gasteiger partial charge in [-0.15, -0.1) is 0 Å². The van der Waals surface area contributed by atoms with E-state index in [1.165, 1.54) is 12.1 Å². The molecule has 1 saturated heterocycles. The first-order chi connectivity index (χ1) is 13.2. The molecule has 0 aliphatic carbocycles. The Morgan fingerprint density at radius 3 is 2.93 bits per heavy atom. The van der Waals surface area contributed by atoms with Gasteiger partial charge in [0.05, 0.1) is 18.1 Å². The lowest BCUT2D eigenvalue weighted by Crippen LogP contribution is -2.24. The molecular weight excluding hydrogens is 349 g/mol. The summed E-state index contributed by atoms with van der Waals surface area (Å²) in [6.07, 6.45) is 0.241. The third-order valence-corrected chi connectivity index (χ3v) is 4.46. The first kappa shape index (κ1) is 17.2. The lowest BCUT2D eigenvalue weighted by Gasteiger charge is -2.15. The summed E-state index contributed by atoms with van der Waals surface area (Å²) in [4.78, 5) is 18.4. The average Bonchev–Trinajstić information content (AvgIpc) is 3.29. The molecule has 0 bridgehead atoms. The molecule has 1 aliphatic heterocycles. The van der Waals surface area contributed by atoms with Crippen molar-refractivity contribution in [1.82, 2.24) is 10.1 Å². The number of amides is 1. The average molecular weight is 367 g/mol. The third kappa shape index (κ3) is 3.40. The van der Waals surface area contributed by atoms with E-state index in [2.05, 4.69) is 10.1 Å². The number of carbonyl (C=O) groups excluding carboxylic acids is 1. The summed E-state index contributed by atoms with van der Waals surface area (Å²) in [5.41, 5.74) is 1.27. The van der Waals surface area contributed by atoms with Gasteiger partial charge in [0.1, 0.15) is 11.6 Å². The Kier molecular flexibility index (Phi) is 4.58. The SMILES string of the molecule is CCOc1ccccc1-c1noc(C2CC(=O)N(c3cccc(F)c3)C2)n1. The quantitative estimate of drug-likeness (QED) is 0.686. The topological polar surface area (TPSA) is 68.5 Å². The number of ether oxygens (including phenoxy) is 1. The number of benzene rings is 2. The molecule has 0 spiro atoms. The van der Waals surface area contributed by atoms with Crippen LogP contribution in [0.4, 0.5) is 10.1 Å². The maximum atomic E-state index is 13.5. The molecule has 2 aromatic carbocycles. The van der Waals surface area contributed by atoms with E-state index in [1.54, 1.807) is 17.0 Å². The van der Waals surface area contributed by atoms with Gasteiger partial charge in [0.25, 0.3) is 0 Å². The molecular formula is C20H18FN3O3. The van der Waals surface area contributed by atoms with Gasteiger partial charge < -0.3 is 14.2 Å². The van der Waals surface area contributed by atoms with Gasteiger partial charge in [0.15, 0.2) is 0 Å². The van der Waals surface area contributed by atoms with Crippen molar-refractivity contribution < 1.29 is 18.4 Å². The van der Waals surface area contributed by atoms with Crippen LogP contribution in [0.2, 0.25) is 0 Å². The summed E-state index contributed by atoms with van der Waals surface area (Å²) in [6.45, 7) is 2.81. The van der Waals surface area contributed by atoms with Gasteiger partial charge in [0, 0.05) is 18.7 Å². The minimum Gasteiger partial charge on any atom is -0.493 e. The Labute approximate surface area is 155 Å². The van der Waals surface area contributed by atoms with E-state index in [1.807, 2.05) is 31.2 Å². The highest BCUT2D eigenvalue weighted by Gasteiger charge is 2.35. The van der Waals surface area contributed by atoms with Crippen LogP contribution in [-0.2, 0) is 4.79 Å². The van der Waals surface area contributed by atoms with Crippen LogP contribution in [-0.4, -0.2) is 29.2 Å². The standard InChI is InChI=1S/C20H18FN3O3/c1-2-26-17-9-4-3-8-16(17)19-22-20(27-23-19)13-10-18(25)24(12-13)15-7-5-6-14(21)11-15/h3-9,11,13H,2,10,12H2,1H3. The summed E-state index contributed by atoms with van der Waals surface area (Å²) >= 11 is 0. The van der Waals surface area contributed by atoms with E-state index in [-0.39, 0.29) is 24.1 Å². The second kappa shape index (κ2) is 7.19. The maximum Gasteiger partial charge on any atom is 0.232 e. The first-order valence-electron chi connectivity index (χ1n) is 8.77. The van der Waals surface area contributed by atoms with Gasteiger partial charge in [-0.25, -0.2) is 4.39 Å². The van der Waals surface area contributed by atoms with E-state index < -0.39 is 0 Å². The van der Waals surface area contributed by atoms with Crippen LogP contribution in [0.1, 0.15) is 25.2 Å². The first-order valence-corrected chi connectivity index (χ1v) is 8.77. The minimum absolute atomic E-state index is 0.0972. The monoisotopic (exact) mass is 367 g/mol. The number of halogens is 1. The molecule has 1 atom stereocenters. The van der Waals surface area contributed by atoms with Crippen molar-refractivity contribution in [2.75, 3.05) is 18.1 Å². The molecule has 1 amide bonds. The van der Waals surface area contributed by atoms with E-state index >= 15 is 0 Å². The lowest BCUT2D eigenvalue weighted by molar-refractivity contribution is -0.117. The smallest absolute Gasteiger partial charge is 0.232 e. The molecule has 2 heterocycles. The third-order valence-electron chi connectivity index (χ3n) is 4.46. The van der Waals surface area contributed by atoms with Gasteiger partial charge in [-0.05, 0) is 37.3 Å². The summed E-state index contributed by atoms with van der Waals surface area (Å²) < 4.78 is 24.5. The van der Waals surface area contributed by atoms with Crippen molar-refractivity contribution in [1.29, 1.82) is 0 Å². The van der Waals surface area contributed by atoms with Crippen LogP contribution in [0.15, 0.2) is 53.1 Å². The molecule has 27 heavy (non-hydrogen) atoms. The van der Waals surface area contributed by atoms with Crippen molar-refractivity contribution >= 4 is 11.6 Å². The molecule has 7 heteroatoms. The number of anilines is 1. The van der Waals surface area contributed by atoms with E-state index in [0.717, 1.165) is 5.56 Å². The van der Waals surface area contributed by atoms with Gasteiger partial charge in [0.2, 0.25) is 17.6 Å². The van der Waals surface area contributed by atoms with Crippen LogP contribution in [0.3, 0.4) is 0 Å². The predicted octanol–water partition coefficient (Wildman–Crippen LogP) is 3.79. The Bertz CT molecular complexity index is 972. The molecule has 4 rings (SSSR count). The Morgan fingerprint density at radius 1 is 1.26 bits per heavy atom. The number of nitrogens with zero attached hydrogens (tertiary/aromatic N) is 3. The van der Waals surface area contributed by atoms with E-state index in [9.17, 15) is 9.18 Å². The minimum atomic E-state index is -0.378. The van der Waals surface area contributed by atoms with Crippen molar-refractivity contribution in [3.63, 3.8) is 0 Å². The van der Waals surface area contributed by atoms with Crippen LogP contribution >= 0.6 is 0 Å². The summed E-state index contributed by atoms with van der Waals surface area (Å²) in [5, 5.41) is 4.05. The number of aromatic nitrogens is 2. The van der Waals surface area contributed by atoms with Gasteiger partial charge in [-0.1, -0.05) is 23.4 Å². The van der Waals surface area contributed by atoms with Crippen LogP contribution in [0.25, 0.3) is 11.4 Å². The summed E-state index contributed by atoms with van der Waals surface area (Å²) in [5.74, 6) is 0.781. The Balaban J connectivity index is 1.57. The van der Waals surface area contributed by atoms with Crippen molar-refractivity contribution in [2.45, 2.75) is 19.3 Å². The molecule has 0 radical (unpaired) electrons. The molecule has 138 valence electrons. The van der Waals surface area contributed by atoms with E-state index in [0.29, 0.717) is 36.3 Å². The van der Waals surface area contributed by atoms with Crippen molar-refractivity contribution in [3.8, 4) is 17.1 Å². The lowest BCUT2D eigenvalue weighted by atomic mass is 10.1. The zero-order valence-corrected chi connectivity index (χ0v) is 14.8. The highest BCUT2D eigenvalue weighted by Crippen LogP contribution is 2.33. The Morgan fingerprint density at radius 2 is 2.11 bits per heavy atom. The fourth-order valence-electron chi connectivity index (χ4n) is 3.21. The molecule has 0 N–H and O–H groups in total. The normalized spacial score (nSPS) is 16.7. The number of hydrogen-bond acceptors (Lipinski definition) is 5. The van der Waals surface area contributed by atoms with Gasteiger partial charge in [-0.2, -0.15) is 4.98 Å². The zero-order valence-electron chi connectivity index (χ0n) is 14.8. The molecule has 1 aromatic heterocycles. The fourth-order valence-corrected chi connectivity index (χ4v) is 3.21. The number of hydrogen-bond donors (Lipinski definition) is 0. The van der Waals surface area contributed by atoms with Crippen LogP contribution < -0.4 is 9.64 Å². The molecule has 1 aliphatic rings. The number of rotatable bonds is 5. The fraction of sp³-hybridized carbons (Fsp3) is 0.250. The molecule has 1 unspecified atom stereocenters. The summed E-state index contributed by atoms with van der Waals surface area (Å²) in [6, 6.07) is 13.4.